The van der Waals surface area contributed by atoms with Crippen molar-refractivity contribution < 1.29 is 14.7 Å². The Morgan fingerprint density at radius 1 is 1.03 bits per heavy atom. The molecule has 1 saturated heterocycles. The molecule has 1 fully saturated rings. The summed E-state index contributed by atoms with van der Waals surface area (Å²) in [6.07, 6.45) is 4.89. The lowest BCUT2D eigenvalue weighted by atomic mass is 9.95. The van der Waals surface area contributed by atoms with Crippen LogP contribution in [0.15, 0.2) is 78.8 Å². The Morgan fingerprint density at radius 3 is 2.53 bits per heavy atom. The first-order valence-corrected chi connectivity index (χ1v) is 10.3. The molecular weight excluding hydrogens is 402 g/mol. The molecule has 1 amide bonds. The number of aliphatic hydroxyl groups excluding tert-OH is 1. The summed E-state index contributed by atoms with van der Waals surface area (Å²) in [5, 5.41) is 12.1. The van der Waals surface area contributed by atoms with E-state index in [0.29, 0.717) is 16.8 Å². The van der Waals surface area contributed by atoms with Crippen molar-refractivity contribution in [3.8, 4) is 0 Å². The Kier molecular flexibility index (Phi) is 4.63. The molecule has 1 unspecified atom stereocenters. The van der Waals surface area contributed by atoms with Crippen LogP contribution in [0.2, 0.25) is 0 Å². The second-order valence-corrected chi connectivity index (χ2v) is 7.99. The highest BCUT2D eigenvalue weighted by molar-refractivity contribution is 6.52. The fourth-order valence-electron chi connectivity index (χ4n) is 4.43. The Hall–Kier alpha value is -4.19. The van der Waals surface area contributed by atoms with Gasteiger partial charge in [-0.25, -0.2) is 0 Å². The number of anilines is 1. The number of rotatable bonds is 3. The fourth-order valence-corrected chi connectivity index (χ4v) is 4.43. The monoisotopic (exact) mass is 423 g/mol. The van der Waals surface area contributed by atoms with Crippen LogP contribution in [0.4, 0.5) is 5.69 Å². The number of H-pyrrole nitrogens is 1. The lowest BCUT2D eigenvalue weighted by Crippen LogP contribution is -2.30. The number of ketones is 1. The second kappa shape index (κ2) is 7.50. The lowest BCUT2D eigenvalue weighted by Gasteiger charge is -2.26. The summed E-state index contributed by atoms with van der Waals surface area (Å²) in [5.41, 5.74) is 4.64. The van der Waals surface area contributed by atoms with Crippen LogP contribution in [-0.2, 0) is 9.59 Å². The van der Waals surface area contributed by atoms with Gasteiger partial charge in [0.25, 0.3) is 11.7 Å². The maximum absolute atomic E-state index is 13.3. The molecule has 2 aromatic carbocycles. The number of benzene rings is 2. The van der Waals surface area contributed by atoms with Crippen molar-refractivity contribution in [3.05, 3.63) is 101 Å². The van der Waals surface area contributed by atoms with Crippen LogP contribution in [0, 0.1) is 13.8 Å². The maximum atomic E-state index is 13.3. The highest BCUT2D eigenvalue weighted by atomic mass is 16.3. The van der Waals surface area contributed by atoms with E-state index in [1.54, 1.807) is 30.7 Å². The average Bonchev–Trinajstić information content (AvgIpc) is 3.34. The van der Waals surface area contributed by atoms with Crippen molar-refractivity contribution >= 4 is 34.0 Å². The van der Waals surface area contributed by atoms with Gasteiger partial charge in [-0.1, -0.05) is 35.9 Å². The summed E-state index contributed by atoms with van der Waals surface area (Å²) < 4.78 is 0. The third kappa shape index (κ3) is 3.00. The number of hydrogen-bond donors (Lipinski definition) is 2. The second-order valence-electron chi connectivity index (χ2n) is 7.99. The Labute approximate surface area is 184 Å². The number of pyridine rings is 1. The average molecular weight is 423 g/mol. The van der Waals surface area contributed by atoms with Crippen LogP contribution in [0.1, 0.15) is 28.3 Å². The summed E-state index contributed by atoms with van der Waals surface area (Å²) in [6, 6.07) is 16.0. The number of carbonyl (C=O) groups is 2. The topological polar surface area (TPSA) is 86.3 Å². The van der Waals surface area contributed by atoms with Crippen LogP contribution < -0.4 is 4.90 Å². The van der Waals surface area contributed by atoms with E-state index in [9.17, 15) is 14.7 Å². The number of aromatic amines is 1. The van der Waals surface area contributed by atoms with Gasteiger partial charge in [0.2, 0.25) is 0 Å². The number of para-hydroxylation sites is 1. The standard InChI is InChI=1S/C26H21N3O3/c1-15-7-8-21(16(2)13-15)29-23(17-9-11-27-12-10-17)22(25(31)26(29)32)24(30)19-14-28-20-6-4-3-5-18(19)20/h3-14,23,28,30H,1-2H3/b24-22-. The molecule has 2 N–H and O–H groups in total. The zero-order valence-corrected chi connectivity index (χ0v) is 17.7. The minimum absolute atomic E-state index is 0.0610. The molecular formula is C26H21N3O3. The number of carbonyl (C=O) groups excluding carboxylic acids is 2. The number of aryl methyl sites for hydroxylation is 2. The molecule has 2 aromatic heterocycles. The van der Waals surface area contributed by atoms with E-state index in [2.05, 4.69) is 9.97 Å². The molecule has 158 valence electrons. The van der Waals surface area contributed by atoms with Crippen molar-refractivity contribution in [2.45, 2.75) is 19.9 Å². The van der Waals surface area contributed by atoms with Gasteiger partial charge in [0.1, 0.15) is 5.76 Å². The van der Waals surface area contributed by atoms with E-state index in [1.165, 1.54) is 4.90 Å². The molecule has 1 aliphatic rings. The zero-order chi connectivity index (χ0) is 22.4. The number of nitrogens with zero attached hydrogens (tertiary/aromatic N) is 2. The van der Waals surface area contributed by atoms with Crippen molar-refractivity contribution in [3.63, 3.8) is 0 Å². The van der Waals surface area contributed by atoms with Crippen LogP contribution in [0.3, 0.4) is 0 Å². The quantitative estimate of drug-likeness (QED) is 0.281. The number of amides is 1. The zero-order valence-electron chi connectivity index (χ0n) is 17.7. The Morgan fingerprint density at radius 2 is 1.78 bits per heavy atom. The molecule has 3 heterocycles. The van der Waals surface area contributed by atoms with Gasteiger partial charge in [0, 0.05) is 40.7 Å². The molecule has 0 spiro atoms. The summed E-state index contributed by atoms with van der Waals surface area (Å²) >= 11 is 0. The molecule has 0 radical (unpaired) electrons. The summed E-state index contributed by atoms with van der Waals surface area (Å²) in [5.74, 6) is -1.58. The van der Waals surface area contributed by atoms with E-state index in [1.807, 2.05) is 56.3 Å². The fraction of sp³-hybridized carbons (Fsp3) is 0.115. The number of nitrogens with one attached hydrogen (secondary N) is 1. The largest absolute Gasteiger partial charge is 0.507 e. The highest BCUT2D eigenvalue weighted by Gasteiger charge is 2.47. The van der Waals surface area contributed by atoms with Crippen LogP contribution in [0.5, 0.6) is 0 Å². The number of Topliss-reactive ketones (excluding diaryl/α,β-unsaturated/α-hetero) is 1. The molecule has 6 nitrogen and oxygen atoms in total. The summed E-state index contributed by atoms with van der Waals surface area (Å²) in [4.78, 5) is 35.2. The smallest absolute Gasteiger partial charge is 0.300 e. The number of aliphatic hydroxyl groups is 1. The third-order valence-electron chi connectivity index (χ3n) is 5.92. The number of hydrogen-bond acceptors (Lipinski definition) is 4. The van der Waals surface area contributed by atoms with Gasteiger partial charge in [-0.2, -0.15) is 0 Å². The van der Waals surface area contributed by atoms with Crippen LogP contribution >= 0.6 is 0 Å². The van der Waals surface area contributed by atoms with E-state index < -0.39 is 17.7 Å². The molecule has 0 aliphatic carbocycles. The minimum atomic E-state index is -0.770. The van der Waals surface area contributed by atoms with Crippen molar-refractivity contribution in [1.82, 2.24) is 9.97 Å². The van der Waals surface area contributed by atoms with E-state index in [0.717, 1.165) is 22.0 Å². The molecule has 6 heteroatoms. The van der Waals surface area contributed by atoms with Crippen LogP contribution in [-0.4, -0.2) is 26.8 Å². The van der Waals surface area contributed by atoms with Crippen molar-refractivity contribution in [2.75, 3.05) is 4.90 Å². The maximum Gasteiger partial charge on any atom is 0.300 e. The van der Waals surface area contributed by atoms with Gasteiger partial charge in [-0.3, -0.25) is 19.5 Å². The molecule has 4 aromatic rings. The normalized spacial score (nSPS) is 17.9. The van der Waals surface area contributed by atoms with Gasteiger partial charge in [0.05, 0.1) is 11.6 Å². The molecule has 0 saturated carbocycles. The van der Waals surface area contributed by atoms with Gasteiger partial charge >= 0.3 is 0 Å². The SMILES string of the molecule is Cc1ccc(N2C(=O)C(=O)/C(=C(\O)c3c[nH]c4ccccc34)C2c2ccncc2)c(C)c1. The van der Waals surface area contributed by atoms with Gasteiger partial charge < -0.3 is 10.1 Å². The Balaban J connectivity index is 1.77. The molecule has 1 atom stereocenters. The predicted octanol–water partition coefficient (Wildman–Crippen LogP) is 4.81. The first kappa shape index (κ1) is 19.8. The summed E-state index contributed by atoms with van der Waals surface area (Å²) in [6.45, 7) is 3.88. The number of fused-ring (bicyclic) bond motifs is 1. The van der Waals surface area contributed by atoms with E-state index >= 15 is 0 Å². The predicted molar refractivity (Wildman–Crippen MR) is 123 cm³/mol. The summed E-state index contributed by atoms with van der Waals surface area (Å²) in [7, 11) is 0. The van der Waals surface area contributed by atoms with E-state index in [-0.39, 0.29) is 11.3 Å². The van der Waals surface area contributed by atoms with Gasteiger partial charge in [-0.15, -0.1) is 0 Å². The number of aromatic nitrogens is 2. The first-order valence-electron chi connectivity index (χ1n) is 10.3. The molecule has 0 bridgehead atoms. The van der Waals surface area contributed by atoms with Gasteiger partial charge in [-0.05, 0) is 49.2 Å². The molecule has 1 aliphatic heterocycles. The lowest BCUT2D eigenvalue weighted by molar-refractivity contribution is -0.132. The minimum Gasteiger partial charge on any atom is -0.507 e. The molecule has 5 rings (SSSR count). The first-order chi connectivity index (χ1) is 15.5. The van der Waals surface area contributed by atoms with Gasteiger partial charge in [0.15, 0.2) is 0 Å². The van der Waals surface area contributed by atoms with Crippen molar-refractivity contribution in [1.29, 1.82) is 0 Å². The van der Waals surface area contributed by atoms with E-state index in [4.69, 9.17) is 0 Å². The highest BCUT2D eigenvalue weighted by Crippen LogP contribution is 2.43. The van der Waals surface area contributed by atoms with Crippen molar-refractivity contribution in [2.24, 2.45) is 0 Å². The molecule has 32 heavy (non-hydrogen) atoms. The van der Waals surface area contributed by atoms with Crippen LogP contribution in [0.25, 0.3) is 16.7 Å². The Bertz CT molecular complexity index is 1400. The third-order valence-corrected chi connectivity index (χ3v) is 5.92.